The van der Waals surface area contributed by atoms with Crippen molar-refractivity contribution in [1.82, 2.24) is 10.5 Å². The van der Waals surface area contributed by atoms with Gasteiger partial charge in [-0.05, 0) is 31.7 Å². The van der Waals surface area contributed by atoms with Crippen molar-refractivity contribution >= 4 is 17.5 Å². The topological polar surface area (TPSA) is 55.1 Å². The Hall–Kier alpha value is -1.81. The minimum absolute atomic E-state index is 0.127. The number of carbonyl (C=O) groups is 1. The average molecular weight is 333 g/mol. The first-order valence-corrected chi connectivity index (χ1v) is 8.47. The second-order valence-electron chi connectivity index (χ2n) is 6.28. The summed E-state index contributed by atoms with van der Waals surface area (Å²) in [7, 11) is 0. The van der Waals surface area contributed by atoms with Crippen LogP contribution in [0.3, 0.4) is 0 Å². The van der Waals surface area contributed by atoms with Gasteiger partial charge in [0, 0.05) is 11.6 Å². The van der Waals surface area contributed by atoms with E-state index in [2.05, 4.69) is 17.4 Å². The molecular weight excluding hydrogens is 312 g/mol. The minimum atomic E-state index is -0.127. The summed E-state index contributed by atoms with van der Waals surface area (Å²) >= 11 is 6.25. The van der Waals surface area contributed by atoms with Crippen LogP contribution >= 0.6 is 11.6 Å². The largest absolute Gasteiger partial charge is 0.360 e. The molecule has 0 spiro atoms. The van der Waals surface area contributed by atoms with E-state index < -0.39 is 0 Å². The lowest BCUT2D eigenvalue weighted by molar-refractivity contribution is 0.0909. The standard InChI is InChI=1S/C18H21ClN2O2/c1-11-7-3-6-10-15(11)20-18(22)16-12(2)23-21-17(16)13-8-4-5-9-14(13)19/h4-5,8-9,11,15H,3,6-7,10H2,1-2H3,(H,20,22)/t11-,15-/m0/s1. The van der Waals surface area contributed by atoms with Gasteiger partial charge in [-0.3, -0.25) is 4.79 Å². The van der Waals surface area contributed by atoms with Gasteiger partial charge in [0.05, 0.1) is 5.02 Å². The first kappa shape index (κ1) is 16.1. The van der Waals surface area contributed by atoms with Crippen molar-refractivity contribution in [3.63, 3.8) is 0 Å². The molecule has 1 aromatic heterocycles. The van der Waals surface area contributed by atoms with Crippen LogP contribution in [0.4, 0.5) is 0 Å². The lowest BCUT2D eigenvalue weighted by Gasteiger charge is -2.29. The molecule has 1 aromatic carbocycles. The monoisotopic (exact) mass is 332 g/mol. The molecule has 23 heavy (non-hydrogen) atoms. The molecule has 2 aromatic rings. The molecule has 1 aliphatic carbocycles. The lowest BCUT2D eigenvalue weighted by atomic mass is 9.86. The van der Waals surface area contributed by atoms with Gasteiger partial charge < -0.3 is 9.84 Å². The summed E-state index contributed by atoms with van der Waals surface area (Å²) in [5.41, 5.74) is 1.71. The van der Waals surface area contributed by atoms with Crippen molar-refractivity contribution in [1.29, 1.82) is 0 Å². The zero-order valence-corrected chi connectivity index (χ0v) is 14.2. The fourth-order valence-corrected chi connectivity index (χ4v) is 3.47. The van der Waals surface area contributed by atoms with Crippen LogP contribution in [0.25, 0.3) is 11.3 Å². The Bertz CT molecular complexity index is 711. The number of carbonyl (C=O) groups excluding carboxylic acids is 1. The van der Waals surface area contributed by atoms with E-state index >= 15 is 0 Å². The van der Waals surface area contributed by atoms with Crippen LogP contribution in [0.15, 0.2) is 28.8 Å². The number of halogens is 1. The molecule has 0 saturated heterocycles. The molecule has 1 heterocycles. The number of amides is 1. The fraction of sp³-hybridized carbons (Fsp3) is 0.444. The SMILES string of the molecule is Cc1onc(-c2ccccc2Cl)c1C(=O)N[C@H]1CCCC[C@@H]1C. The van der Waals surface area contributed by atoms with Crippen LogP contribution in [0.1, 0.15) is 48.7 Å². The summed E-state index contributed by atoms with van der Waals surface area (Å²) in [5.74, 6) is 0.884. The minimum Gasteiger partial charge on any atom is -0.360 e. The zero-order valence-electron chi connectivity index (χ0n) is 13.4. The number of aromatic nitrogens is 1. The smallest absolute Gasteiger partial charge is 0.257 e. The third-order valence-electron chi connectivity index (χ3n) is 4.65. The molecule has 2 atom stereocenters. The second kappa shape index (κ2) is 6.75. The molecule has 0 radical (unpaired) electrons. The number of hydrogen-bond donors (Lipinski definition) is 1. The first-order valence-electron chi connectivity index (χ1n) is 8.10. The fourth-order valence-electron chi connectivity index (χ4n) is 3.25. The van der Waals surface area contributed by atoms with Gasteiger partial charge in [0.25, 0.3) is 5.91 Å². The maximum absolute atomic E-state index is 12.8. The first-order chi connectivity index (χ1) is 11.1. The Morgan fingerprint density at radius 2 is 2.04 bits per heavy atom. The highest BCUT2D eigenvalue weighted by Crippen LogP contribution is 2.31. The summed E-state index contributed by atoms with van der Waals surface area (Å²) in [4.78, 5) is 12.8. The van der Waals surface area contributed by atoms with Gasteiger partial charge in [0.1, 0.15) is 17.0 Å². The molecule has 0 aliphatic heterocycles. The number of nitrogens with one attached hydrogen (secondary N) is 1. The Morgan fingerprint density at radius 3 is 2.78 bits per heavy atom. The third kappa shape index (κ3) is 3.27. The number of hydrogen-bond acceptors (Lipinski definition) is 3. The number of aryl methyl sites for hydroxylation is 1. The van der Waals surface area contributed by atoms with E-state index in [-0.39, 0.29) is 11.9 Å². The van der Waals surface area contributed by atoms with Gasteiger partial charge in [-0.25, -0.2) is 0 Å². The van der Waals surface area contributed by atoms with Crippen LogP contribution < -0.4 is 5.32 Å². The molecule has 1 N–H and O–H groups in total. The average Bonchev–Trinajstić information content (AvgIpc) is 2.91. The molecule has 1 fully saturated rings. The maximum Gasteiger partial charge on any atom is 0.257 e. The maximum atomic E-state index is 12.8. The van der Waals surface area contributed by atoms with E-state index in [0.717, 1.165) is 19.3 Å². The Morgan fingerprint density at radius 1 is 1.30 bits per heavy atom. The summed E-state index contributed by atoms with van der Waals surface area (Å²) in [6, 6.07) is 7.56. The van der Waals surface area contributed by atoms with E-state index in [1.165, 1.54) is 6.42 Å². The van der Waals surface area contributed by atoms with Crippen LogP contribution in [0.5, 0.6) is 0 Å². The van der Waals surface area contributed by atoms with Gasteiger partial charge >= 0.3 is 0 Å². The van der Waals surface area contributed by atoms with Crippen molar-refractivity contribution < 1.29 is 9.32 Å². The van der Waals surface area contributed by atoms with Crippen LogP contribution in [-0.4, -0.2) is 17.1 Å². The highest BCUT2D eigenvalue weighted by molar-refractivity contribution is 6.33. The van der Waals surface area contributed by atoms with Gasteiger partial charge in [-0.2, -0.15) is 0 Å². The normalized spacial score (nSPS) is 21.2. The molecule has 5 heteroatoms. The van der Waals surface area contributed by atoms with E-state index in [0.29, 0.717) is 33.5 Å². The van der Waals surface area contributed by atoms with E-state index in [1.807, 2.05) is 18.2 Å². The predicted molar refractivity (Wildman–Crippen MR) is 90.6 cm³/mol. The third-order valence-corrected chi connectivity index (χ3v) is 4.98. The van der Waals surface area contributed by atoms with Crippen LogP contribution in [-0.2, 0) is 0 Å². The number of rotatable bonds is 3. The van der Waals surface area contributed by atoms with Crippen molar-refractivity contribution in [2.75, 3.05) is 0 Å². The van der Waals surface area contributed by atoms with E-state index in [1.54, 1.807) is 13.0 Å². The quantitative estimate of drug-likeness (QED) is 0.892. The van der Waals surface area contributed by atoms with Crippen molar-refractivity contribution in [2.45, 2.75) is 45.6 Å². The van der Waals surface area contributed by atoms with E-state index in [4.69, 9.17) is 16.1 Å². The number of benzene rings is 1. The van der Waals surface area contributed by atoms with Crippen molar-refractivity contribution in [3.05, 3.63) is 40.6 Å². The molecule has 4 nitrogen and oxygen atoms in total. The van der Waals surface area contributed by atoms with Gasteiger partial charge in [0.15, 0.2) is 0 Å². The second-order valence-corrected chi connectivity index (χ2v) is 6.69. The Balaban J connectivity index is 1.89. The summed E-state index contributed by atoms with van der Waals surface area (Å²) in [5, 5.41) is 7.78. The summed E-state index contributed by atoms with van der Waals surface area (Å²) in [6.45, 7) is 3.95. The molecule has 0 bridgehead atoms. The lowest BCUT2D eigenvalue weighted by Crippen LogP contribution is -2.41. The molecule has 1 saturated carbocycles. The summed E-state index contributed by atoms with van der Waals surface area (Å²) in [6.07, 6.45) is 4.59. The van der Waals surface area contributed by atoms with Crippen molar-refractivity contribution in [3.8, 4) is 11.3 Å². The van der Waals surface area contributed by atoms with E-state index in [9.17, 15) is 4.79 Å². The molecule has 3 rings (SSSR count). The highest BCUT2D eigenvalue weighted by Gasteiger charge is 2.28. The van der Waals surface area contributed by atoms with Crippen LogP contribution in [0, 0.1) is 12.8 Å². The van der Waals surface area contributed by atoms with Gasteiger partial charge in [-0.1, -0.05) is 54.7 Å². The molecular formula is C18H21ClN2O2. The molecule has 122 valence electrons. The summed E-state index contributed by atoms with van der Waals surface area (Å²) < 4.78 is 5.27. The molecule has 1 amide bonds. The Labute approximate surface area is 141 Å². The zero-order chi connectivity index (χ0) is 16.4. The Kier molecular flexibility index (Phi) is 4.71. The molecule has 0 unspecified atom stereocenters. The highest BCUT2D eigenvalue weighted by atomic mass is 35.5. The van der Waals surface area contributed by atoms with Crippen molar-refractivity contribution in [2.24, 2.45) is 5.92 Å². The van der Waals surface area contributed by atoms with Gasteiger partial charge in [0.2, 0.25) is 0 Å². The predicted octanol–water partition coefficient (Wildman–Crippen LogP) is 4.61. The van der Waals surface area contributed by atoms with Crippen LogP contribution in [0.2, 0.25) is 5.02 Å². The number of nitrogens with zero attached hydrogens (tertiary/aromatic N) is 1. The van der Waals surface area contributed by atoms with Gasteiger partial charge in [-0.15, -0.1) is 0 Å². The molecule has 1 aliphatic rings.